The van der Waals surface area contributed by atoms with Gasteiger partial charge >= 0.3 is 0 Å². The maximum Gasteiger partial charge on any atom is 0.234 e. The molecule has 0 amide bonds. The summed E-state index contributed by atoms with van der Waals surface area (Å²) in [6, 6.07) is 12.3. The molecule has 35 heavy (non-hydrogen) atoms. The molecule has 2 heterocycles. The third-order valence-electron chi connectivity index (χ3n) is 5.85. The number of benzene rings is 2. The Kier molecular flexibility index (Phi) is 7.62. The van der Waals surface area contributed by atoms with E-state index < -0.39 is 5.72 Å². The lowest BCUT2D eigenvalue weighted by Crippen LogP contribution is -2.44. The summed E-state index contributed by atoms with van der Waals surface area (Å²) in [5, 5.41) is 4.32. The number of hydrogen-bond donors (Lipinski definition) is 0. The largest absolute Gasteiger partial charge is 0.495 e. The van der Waals surface area contributed by atoms with Crippen LogP contribution >= 0.6 is 0 Å². The molecule has 1 atom stereocenters. The van der Waals surface area contributed by atoms with Crippen LogP contribution in [-0.2, 0) is 15.3 Å². The summed E-state index contributed by atoms with van der Waals surface area (Å²) in [5.74, 6) is 1.15. The first-order chi connectivity index (χ1) is 17.0. The molecule has 1 aliphatic heterocycles. The smallest absolute Gasteiger partial charge is 0.234 e. The maximum absolute atomic E-state index is 13.5. The van der Waals surface area contributed by atoms with Crippen molar-refractivity contribution in [2.24, 2.45) is 5.16 Å². The maximum atomic E-state index is 13.5. The number of halogens is 1. The van der Waals surface area contributed by atoms with Crippen LogP contribution in [0.4, 0.5) is 4.39 Å². The summed E-state index contributed by atoms with van der Waals surface area (Å²) in [7, 11) is 3.33. The molecule has 0 aliphatic carbocycles. The summed E-state index contributed by atoms with van der Waals surface area (Å²) in [5.41, 5.74) is 1.90. The van der Waals surface area contributed by atoms with Crippen LogP contribution in [0.3, 0.4) is 0 Å². The van der Waals surface area contributed by atoms with Crippen LogP contribution in [-0.4, -0.2) is 47.7 Å². The topological polar surface area (TPSA) is 61.1 Å². The highest BCUT2D eigenvalue weighted by Crippen LogP contribution is 2.35. The molecule has 0 N–H and O–H groups in total. The second-order valence-electron chi connectivity index (χ2n) is 8.15. The predicted octanol–water partition coefficient (Wildman–Crippen LogP) is 5.14. The number of allylic oxidation sites excluding steroid dienone is 2. The molecule has 0 fully saturated rings. The minimum atomic E-state index is -0.832. The second kappa shape index (κ2) is 11.0. The van der Waals surface area contributed by atoms with Gasteiger partial charge in [-0.25, -0.2) is 9.37 Å². The van der Waals surface area contributed by atoms with E-state index in [2.05, 4.69) is 15.0 Å². The predicted molar refractivity (Wildman–Crippen MR) is 134 cm³/mol. The number of aromatic nitrogens is 2. The van der Waals surface area contributed by atoms with Gasteiger partial charge in [0, 0.05) is 45.1 Å². The average molecular weight is 477 g/mol. The molecule has 7 nitrogen and oxygen atoms in total. The summed E-state index contributed by atoms with van der Waals surface area (Å²) < 4.78 is 26.2. The minimum Gasteiger partial charge on any atom is -0.495 e. The first-order valence-electron chi connectivity index (χ1n) is 11.3. The van der Waals surface area contributed by atoms with Crippen LogP contribution in [0.1, 0.15) is 24.5 Å². The van der Waals surface area contributed by atoms with E-state index >= 15 is 0 Å². The van der Waals surface area contributed by atoms with Gasteiger partial charge in [-0.1, -0.05) is 41.6 Å². The molecule has 0 radical (unpaired) electrons. The summed E-state index contributed by atoms with van der Waals surface area (Å²) >= 11 is 0. The Hall–Kier alpha value is -3.91. The van der Waals surface area contributed by atoms with E-state index in [-0.39, 0.29) is 5.82 Å². The molecule has 0 saturated carbocycles. The van der Waals surface area contributed by atoms with E-state index in [9.17, 15) is 4.39 Å². The fourth-order valence-electron chi connectivity index (χ4n) is 3.96. The molecular weight excluding hydrogens is 447 g/mol. The van der Waals surface area contributed by atoms with E-state index in [1.165, 1.54) is 12.1 Å². The van der Waals surface area contributed by atoms with Gasteiger partial charge in [-0.3, -0.25) is 0 Å². The van der Waals surface area contributed by atoms with E-state index in [1.54, 1.807) is 38.9 Å². The van der Waals surface area contributed by atoms with Crippen molar-refractivity contribution in [2.75, 3.05) is 27.4 Å². The van der Waals surface area contributed by atoms with E-state index in [0.717, 1.165) is 29.0 Å². The van der Waals surface area contributed by atoms with Gasteiger partial charge in [0.2, 0.25) is 5.72 Å². The fraction of sp³-hybridized carbons (Fsp3) is 0.259. The number of nitrogens with zero attached hydrogens (tertiary/aromatic N) is 4. The molecule has 4 rings (SSSR count). The number of ether oxygens (including phenoxy) is 2. The van der Waals surface area contributed by atoms with Gasteiger partial charge in [0.25, 0.3) is 0 Å². The number of amidine groups is 1. The normalized spacial score (nSPS) is 17.8. The third kappa shape index (κ3) is 5.44. The lowest BCUT2D eigenvalue weighted by Gasteiger charge is -2.34. The van der Waals surface area contributed by atoms with Gasteiger partial charge in [-0.05, 0) is 42.3 Å². The average Bonchev–Trinajstić information content (AvgIpc) is 3.52. The Morgan fingerprint density at radius 3 is 2.60 bits per heavy atom. The third-order valence-corrected chi connectivity index (χ3v) is 5.85. The lowest BCUT2D eigenvalue weighted by atomic mass is 10.0. The molecular formula is C27H29FN4O3. The van der Waals surface area contributed by atoms with Crippen molar-refractivity contribution in [3.05, 3.63) is 96.4 Å². The van der Waals surface area contributed by atoms with Gasteiger partial charge in [0.1, 0.15) is 11.6 Å². The number of imidazole rings is 1. The van der Waals surface area contributed by atoms with Crippen molar-refractivity contribution in [1.82, 2.24) is 14.5 Å². The standard InChI is InChI=1S/C27H29FN4O3/c1-27(22-10-12-23(28)13-11-22)32(16-6-18-33-2)26(30-35-27)8-5-4-7-21-9-14-24(25(19-21)34-3)31-17-15-29-20-31/h4-5,7-15,17,19-20H,6,16,18H2,1-3H3. The van der Waals surface area contributed by atoms with Crippen molar-refractivity contribution < 1.29 is 18.7 Å². The Morgan fingerprint density at radius 2 is 1.89 bits per heavy atom. The van der Waals surface area contributed by atoms with Crippen LogP contribution in [0.25, 0.3) is 11.8 Å². The number of rotatable bonds is 10. The molecule has 0 spiro atoms. The molecule has 1 unspecified atom stereocenters. The molecule has 182 valence electrons. The summed E-state index contributed by atoms with van der Waals surface area (Å²) in [4.78, 5) is 12.0. The fourth-order valence-corrected chi connectivity index (χ4v) is 3.96. The zero-order valence-corrected chi connectivity index (χ0v) is 20.1. The molecule has 3 aromatic rings. The Balaban J connectivity index is 1.49. The second-order valence-corrected chi connectivity index (χ2v) is 8.15. The quantitative estimate of drug-likeness (QED) is 0.299. The summed E-state index contributed by atoms with van der Waals surface area (Å²) in [6.45, 7) is 3.21. The Morgan fingerprint density at radius 1 is 1.09 bits per heavy atom. The molecule has 0 saturated heterocycles. The van der Waals surface area contributed by atoms with Crippen molar-refractivity contribution in [3.8, 4) is 11.4 Å². The number of methoxy groups -OCH3 is 2. The monoisotopic (exact) mass is 476 g/mol. The van der Waals surface area contributed by atoms with Crippen molar-refractivity contribution in [1.29, 1.82) is 0 Å². The number of hydrogen-bond acceptors (Lipinski definition) is 6. The van der Waals surface area contributed by atoms with Crippen LogP contribution in [0.2, 0.25) is 0 Å². The zero-order chi connectivity index (χ0) is 24.7. The minimum absolute atomic E-state index is 0.290. The highest BCUT2D eigenvalue weighted by Gasteiger charge is 2.42. The zero-order valence-electron chi connectivity index (χ0n) is 20.1. The number of oxime groups is 1. The van der Waals surface area contributed by atoms with Gasteiger partial charge in [0.15, 0.2) is 5.84 Å². The van der Waals surface area contributed by atoms with Crippen molar-refractivity contribution >= 4 is 11.9 Å². The SMILES string of the molecule is COCCCN1C(C=CC=Cc2ccc(-n3ccnc3)c(OC)c2)=NOC1(C)c1ccc(F)cc1. The van der Waals surface area contributed by atoms with Crippen LogP contribution in [0.5, 0.6) is 5.75 Å². The molecule has 1 aliphatic rings. The van der Waals surface area contributed by atoms with Gasteiger partial charge < -0.3 is 23.8 Å². The van der Waals surface area contributed by atoms with Crippen LogP contribution in [0.15, 0.2) is 84.6 Å². The van der Waals surface area contributed by atoms with Crippen molar-refractivity contribution in [2.45, 2.75) is 19.1 Å². The van der Waals surface area contributed by atoms with Crippen LogP contribution < -0.4 is 4.74 Å². The van der Waals surface area contributed by atoms with Gasteiger partial charge in [-0.15, -0.1) is 0 Å². The first-order valence-corrected chi connectivity index (χ1v) is 11.3. The highest BCUT2D eigenvalue weighted by atomic mass is 19.1. The molecule has 2 aromatic carbocycles. The molecule has 0 bridgehead atoms. The Bertz CT molecular complexity index is 1210. The molecule has 1 aromatic heterocycles. The van der Waals surface area contributed by atoms with E-state index in [4.69, 9.17) is 14.3 Å². The van der Waals surface area contributed by atoms with Gasteiger partial charge in [0.05, 0.1) is 19.1 Å². The van der Waals surface area contributed by atoms with Gasteiger partial charge in [-0.2, -0.15) is 0 Å². The van der Waals surface area contributed by atoms with E-state index in [1.807, 2.05) is 60.2 Å². The lowest BCUT2D eigenvalue weighted by molar-refractivity contribution is -0.0915. The summed E-state index contributed by atoms with van der Waals surface area (Å²) in [6.07, 6.45) is 13.9. The van der Waals surface area contributed by atoms with E-state index in [0.29, 0.717) is 19.0 Å². The van der Waals surface area contributed by atoms with Crippen molar-refractivity contribution in [3.63, 3.8) is 0 Å². The molecule has 8 heteroatoms. The first kappa shape index (κ1) is 24.2. The highest BCUT2D eigenvalue weighted by molar-refractivity contribution is 5.94. The Labute approximate surface area is 204 Å². The van der Waals surface area contributed by atoms with Crippen LogP contribution in [0, 0.1) is 5.82 Å².